The van der Waals surface area contributed by atoms with Crippen LogP contribution in [0.25, 0.3) is 11.3 Å². The molecule has 0 bridgehead atoms. The molecule has 8 heteroatoms. The lowest BCUT2D eigenvalue weighted by Gasteiger charge is -2.07. The summed E-state index contributed by atoms with van der Waals surface area (Å²) >= 11 is 0. The van der Waals surface area contributed by atoms with E-state index in [0.717, 1.165) is 31.2 Å². The third kappa shape index (κ3) is 4.79. The molecule has 0 aliphatic carbocycles. The van der Waals surface area contributed by atoms with Gasteiger partial charge in [-0.3, -0.25) is 4.79 Å². The summed E-state index contributed by atoms with van der Waals surface area (Å²) in [5.41, 5.74) is 6.91. The summed E-state index contributed by atoms with van der Waals surface area (Å²) in [5.74, 6) is 1.62. The van der Waals surface area contributed by atoms with Crippen molar-refractivity contribution in [3.8, 4) is 17.2 Å². The van der Waals surface area contributed by atoms with Crippen molar-refractivity contribution in [2.75, 3.05) is 7.11 Å². The molecule has 0 amide bonds. The summed E-state index contributed by atoms with van der Waals surface area (Å²) in [4.78, 5) is 24.1. The number of aromatic nitrogens is 3. The number of carbonyl (C=O) groups excluding carboxylic acids is 1. The Hall–Kier alpha value is -3.00. The Labute approximate surface area is 156 Å². The molecule has 0 saturated heterocycles. The van der Waals surface area contributed by atoms with E-state index in [2.05, 4.69) is 15.0 Å². The highest BCUT2D eigenvalue weighted by Gasteiger charge is 2.16. The van der Waals surface area contributed by atoms with Crippen molar-refractivity contribution in [2.24, 2.45) is 5.73 Å². The molecule has 3 heterocycles. The van der Waals surface area contributed by atoms with Gasteiger partial charge >= 0.3 is 0 Å². The number of Topliss-reactive ketones (excluding diaryl/α,β-unsaturated/α-hetero) is 1. The van der Waals surface area contributed by atoms with Gasteiger partial charge in [0.1, 0.15) is 6.26 Å². The summed E-state index contributed by atoms with van der Waals surface area (Å²) in [5, 5.41) is 0. The van der Waals surface area contributed by atoms with Gasteiger partial charge in [0.05, 0.1) is 31.1 Å². The van der Waals surface area contributed by atoms with Crippen LogP contribution in [0.15, 0.2) is 45.8 Å². The van der Waals surface area contributed by atoms with Crippen LogP contribution in [0, 0.1) is 0 Å². The van der Waals surface area contributed by atoms with Gasteiger partial charge in [0.25, 0.3) is 5.89 Å². The molecule has 0 fully saturated rings. The lowest BCUT2D eigenvalue weighted by atomic mass is 10.1. The van der Waals surface area contributed by atoms with Crippen LogP contribution >= 0.6 is 0 Å². The highest BCUT2D eigenvalue weighted by atomic mass is 16.5. The summed E-state index contributed by atoms with van der Waals surface area (Å²) < 4.78 is 16.0. The average Bonchev–Trinajstić information content (AvgIpc) is 3.39. The van der Waals surface area contributed by atoms with E-state index in [1.807, 2.05) is 6.07 Å². The normalized spacial score (nSPS) is 12.1. The van der Waals surface area contributed by atoms with Crippen molar-refractivity contribution in [2.45, 2.75) is 38.1 Å². The van der Waals surface area contributed by atoms with Crippen LogP contribution < -0.4 is 10.5 Å². The van der Waals surface area contributed by atoms with Crippen molar-refractivity contribution >= 4 is 5.78 Å². The first-order valence-electron chi connectivity index (χ1n) is 8.82. The quantitative estimate of drug-likeness (QED) is 0.425. The van der Waals surface area contributed by atoms with Crippen LogP contribution in [0.2, 0.25) is 0 Å². The fraction of sp³-hybridized carbons (Fsp3) is 0.368. The molecule has 1 unspecified atom stereocenters. The first-order valence-corrected chi connectivity index (χ1v) is 8.82. The van der Waals surface area contributed by atoms with Gasteiger partial charge in [-0.2, -0.15) is 0 Å². The van der Waals surface area contributed by atoms with Crippen molar-refractivity contribution < 1.29 is 18.4 Å². The molecule has 2 N–H and O–H groups in total. The molecule has 3 rings (SSSR count). The van der Waals surface area contributed by atoms with E-state index < -0.39 is 0 Å². The van der Waals surface area contributed by atoms with Gasteiger partial charge in [0, 0.05) is 12.6 Å². The topological polar surface area (TPSA) is 117 Å². The Balaban J connectivity index is 1.45. The fourth-order valence-corrected chi connectivity index (χ4v) is 2.74. The van der Waals surface area contributed by atoms with Crippen molar-refractivity contribution in [3.63, 3.8) is 0 Å². The lowest BCUT2D eigenvalue weighted by Crippen LogP contribution is -2.10. The van der Waals surface area contributed by atoms with Crippen LogP contribution in [0.3, 0.4) is 0 Å². The van der Waals surface area contributed by atoms with Gasteiger partial charge in [-0.15, -0.1) is 0 Å². The van der Waals surface area contributed by atoms with Crippen molar-refractivity contribution in [3.05, 3.63) is 48.8 Å². The number of hydrogen-bond donors (Lipinski definition) is 1. The van der Waals surface area contributed by atoms with E-state index in [9.17, 15) is 4.79 Å². The molecule has 27 heavy (non-hydrogen) atoms. The first-order chi connectivity index (χ1) is 13.2. The summed E-state index contributed by atoms with van der Waals surface area (Å²) in [6.45, 7) is 0. The third-order valence-corrected chi connectivity index (χ3v) is 4.16. The van der Waals surface area contributed by atoms with Crippen LogP contribution in [0.5, 0.6) is 5.88 Å². The molecule has 0 radical (unpaired) electrons. The maximum Gasteiger partial charge on any atom is 0.263 e. The molecule has 3 aromatic rings. The zero-order chi connectivity index (χ0) is 19.1. The maximum atomic E-state index is 11.8. The van der Waals surface area contributed by atoms with Crippen molar-refractivity contribution in [1.29, 1.82) is 0 Å². The van der Waals surface area contributed by atoms with E-state index in [4.69, 9.17) is 19.3 Å². The molecular formula is C19H22N4O4. The fourth-order valence-electron chi connectivity index (χ4n) is 2.74. The summed E-state index contributed by atoms with van der Waals surface area (Å²) in [6.07, 6.45) is 9.80. The molecular weight excluding hydrogens is 348 g/mol. The van der Waals surface area contributed by atoms with E-state index >= 15 is 0 Å². The van der Waals surface area contributed by atoms with E-state index in [0.29, 0.717) is 24.0 Å². The highest BCUT2D eigenvalue weighted by molar-refractivity contribution is 5.91. The maximum absolute atomic E-state index is 11.8. The SMILES string of the molecule is COc1ncccc1-c1cnc(C(N)CCCCCC(=O)c2ncco2)o1. The second-order valence-electron chi connectivity index (χ2n) is 6.09. The predicted molar refractivity (Wildman–Crippen MR) is 97.1 cm³/mol. The third-order valence-electron chi connectivity index (χ3n) is 4.16. The number of unbranched alkanes of at least 4 members (excludes halogenated alkanes) is 2. The van der Waals surface area contributed by atoms with Crippen LogP contribution in [0.4, 0.5) is 0 Å². The number of nitrogens with zero attached hydrogens (tertiary/aromatic N) is 3. The van der Waals surface area contributed by atoms with E-state index in [1.54, 1.807) is 25.6 Å². The van der Waals surface area contributed by atoms with Gasteiger partial charge < -0.3 is 19.3 Å². The Morgan fingerprint density at radius 1 is 1.22 bits per heavy atom. The molecule has 8 nitrogen and oxygen atoms in total. The molecule has 142 valence electrons. The zero-order valence-corrected chi connectivity index (χ0v) is 15.1. The van der Waals surface area contributed by atoms with Crippen LogP contribution in [-0.2, 0) is 0 Å². The Morgan fingerprint density at radius 2 is 2.11 bits per heavy atom. The molecule has 0 spiro atoms. The van der Waals surface area contributed by atoms with Crippen molar-refractivity contribution in [1.82, 2.24) is 15.0 Å². The number of nitrogens with two attached hydrogens (primary N) is 1. The molecule has 0 aromatic carbocycles. The molecule has 0 aliphatic heterocycles. The average molecular weight is 370 g/mol. The second kappa shape index (κ2) is 9.09. The molecule has 1 atom stereocenters. The van der Waals surface area contributed by atoms with Crippen LogP contribution in [-0.4, -0.2) is 27.8 Å². The molecule has 0 saturated carbocycles. The number of ether oxygens (including phenoxy) is 1. The van der Waals surface area contributed by atoms with Gasteiger partial charge in [-0.25, -0.2) is 15.0 Å². The Bertz CT molecular complexity index is 860. The Morgan fingerprint density at radius 3 is 2.89 bits per heavy atom. The Kier molecular flexibility index (Phi) is 6.32. The minimum absolute atomic E-state index is 0.0768. The van der Waals surface area contributed by atoms with Gasteiger partial charge in [0.15, 0.2) is 5.76 Å². The van der Waals surface area contributed by atoms with Crippen LogP contribution in [0.1, 0.15) is 54.7 Å². The second-order valence-corrected chi connectivity index (χ2v) is 6.09. The standard InChI is InChI=1S/C19H22N4O4/c1-25-17-13(6-5-9-21-17)16-12-23-18(27-16)14(20)7-3-2-4-8-15(24)19-22-10-11-26-19/h5-6,9-12,14H,2-4,7-8,20H2,1H3. The largest absolute Gasteiger partial charge is 0.480 e. The number of pyridine rings is 1. The number of ketones is 1. The van der Waals surface area contributed by atoms with Gasteiger partial charge in [-0.05, 0) is 25.0 Å². The minimum Gasteiger partial charge on any atom is -0.480 e. The number of hydrogen-bond acceptors (Lipinski definition) is 8. The summed E-state index contributed by atoms with van der Waals surface area (Å²) in [6, 6.07) is 3.36. The summed E-state index contributed by atoms with van der Waals surface area (Å²) in [7, 11) is 1.56. The zero-order valence-electron chi connectivity index (χ0n) is 15.1. The number of rotatable bonds is 10. The highest BCUT2D eigenvalue weighted by Crippen LogP contribution is 2.29. The molecule has 0 aliphatic rings. The van der Waals surface area contributed by atoms with Gasteiger partial charge in [0.2, 0.25) is 17.6 Å². The molecule has 3 aromatic heterocycles. The smallest absolute Gasteiger partial charge is 0.263 e. The predicted octanol–water partition coefficient (Wildman–Crippen LogP) is 3.57. The van der Waals surface area contributed by atoms with E-state index in [-0.39, 0.29) is 17.7 Å². The monoisotopic (exact) mass is 370 g/mol. The number of oxazole rings is 2. The number of carbonyl (C=O) groups is 1. The number of methoxy groups -OCH3 is 1. The lowest BCUT2D eigenvalue weighted by molar-refractivity contribution is 0.0945. The minimum atomic E-state index is -0.302. The van der Waals surface area contributed by atoms with Gasteiger partial charge in [-0.1, -0.05) is 12.8 Å². The first kappa shape index (κ1) is 18.8. The van der Waals surface area contributed by atoms with E-state index in [1.165, 1.54) is 12.5 Å².